The van der Waals surface area contributed by atoms with Crippen molar-refractivity contribution in [2.45, 2.75) is 18.9 Å². The van der Waals surface area contributed by atoms with Gasteiger partial charge in [0.2, 0.25) is 15.9 Å². The van der Waals surface area contributed by atoms with Crippen molar-refractivity contribution in [3.63, 3.8) is 0 Å². The van der Waals surface area contributed by atoms with E-state index in [1.54, 1.807) is 42.5 Å². The molecule has 0 aliphatic carbocycles. The van der Waals surface area contributed by atoms with E-state index < -0.39 is 22.5 Å². The molecule has 1 heterocycles. The van der Waals surface area contributed by atoms with Gasteiger partial charge in [-0.05, 0) is 37.1 Å². The highest BCUT2D eigenvalue weighted by Crippen LogP contribution is 2.23. The molecule has 10 heteroatoms. The molecule has 2 aromatic rings. The largest absolute Gasteiger partial charge is 0.497 e. The predicted molar refractivity (Wildman–Crippen MR) is 122 cm³/mol. The van der Waals surface area contributed by atoms with Crippen LogP contribution in [0.5, 0.6) is 5.75 Å². The number of carbonyl (C=O) groups is 2. The number of anilines is 2. The zero-order valence-electron chi connectivity index (χ0n) is 18.0. The summed E-state index contributed by atoms with van der Waals surface area (Å²) in [6, 6.07) is 13.0. The zero-order valence-corrected chi connectivity index (χ0v) is 18.9. The Labute approximate surface area is 187 Å². The number of carbonyl (C=O) groups excluding carboxylic acids is 2. The Kier molecular flexibility index (Phi) is 7.70. The van der Waals surface area contributed by atoms with Gasteiger partial charge in [-0.15, -0.1) is 0 Å². The molecule has 9 nitrogen and oxygen atoms in total. The number of hydrogen-bond acceptors (Lipinski definition) is 6. The van der Waals surface area contributed by atoms with Crippen LogP contribution < -0.4 is 19.7 Å². The molecule has 1 aliphatic rings. The van der Waals surface area contributed by atoms with E-state index >= 15 is 0 Å². The molecule has 0 unspecified atom stereocenters. The second kappa shape index (κ2) is 10.5. The van der Waals surface area contributed by atoms with Crippen molar-refractivity contribution < 1.29 is 27.5 Å². The van der Waals surface area contributed by atoms with E-state index in [-0.39, 0.29) is 17.6 Å². The number of sulfonamides is 1. The quantitative estimate of drug-likeness (QED) is 0.591. The molecule has 1 saturated heterocycles. The maximum absolute atomic E-state index is 12.7. The predicted octanol–water partition coefficient (Wildman–Crippen LogP) is 2.01. The highest BCUT2D eigenvalue weighted by Gasteiger charge is 2.23. The van der Waals surface area contributed by atoms with Crippen molar-refractivity contribution in [1.29, 1.82) is 0 Å². The minimum absolute atomic E-state index is 0.00751. The molecular weight excluding hydrogens is 434 g/mol. The molecule has 0 spiro atoms. The number of para-hydroxylation sites is 1. The van der Waals surface area contributed by atoms with Gasteiger partial charge in [-0.1, -0.05) is 18.2 Å². The van der Waals surface area contributed by atoms with Crippen LogP contribution in [0.3, 0.4) is 0 Å². The summed E-state index contributed by atoms with van der Waals surface area (Å²) < 4.78 is 36.3. The number of amides is 2. The number of nitrogens with one attached hydrogen (secondary N) is 2. The van der Waals surface area contributed by atoms with Crippen LogP contribution in [0.1, 0.15) is 23.2 Å². The Balaban J connectivity index is 1.72. The van der Waals surface area contributed by atoms with Gasteiger partial charge in [0.1, 0.15) is 12.3 Å². The fourth-order valence-corrected chi connectivity index (χ4v) is 4.23. The molecule has 0 radical (unpaired) electrons. The van der Waals surface area contributed by atoms with Gasteiger partial charge in [0.05, 0.1) is 36.4 Å². The number of nitrogens with zero attached hydrogens (tertiary/aromatic N) is 1. The molecule has 2 amide bonds. The third kappa shape index (κ3) is 6.21. The minimum atomic E-state index is -3.75. The van der Waals surface area contributed by atoms with Crippen molar-refractivity contribution in [2.24, 2.45) is 0 Å². The lowest BCUT2D eigenvalue weighted by Gasteiger charge is -2.22. The van der Waals surface area contributed by atoms with Crippen molar-refractivity contribution in [1.82, 2.24) is 5.32 Å². The van der Waals surface area contributed by atoms with Crippen LogP contribution in [-0.2, 0) is 19.6 Å². The highest BCUT2D eigenvalue weighted by atomic mass is 32.2. The standard InChI is InChI=1S/C22H27N3O6S/c1-30-17-8-5-7-16(13-17)25(32(2,28)29)15-21(26)24-20-11-4-3-10-19(20)22(27)23-14-18-9-6-12-31-18/h3-5,7-8,10-11,13,18H,6,9,12,14-15H2,1-2H3,(H,23,27)(H,24,26)/t18-/m1/s1. The molecule has 1 aliphatic heterocycles. The van der Waals surface area contributed by atoms with Crippen LogP contribution in [-0.4, -0.2) is 59.4 Å². The average Bonchev–Trinajstić information content (AvgIpc) is 3.29. The maximum Gasteiger partial charge on any atom is 0.253 e. The topological polar surface area (TPSA) is 114 Å². The first-order valence-corrected chi connectivity index (χ1v) is 12.0. The Morgan fingerprint density at radius 2 is 1.97 bits per heavy atom. The number of hydrogen-bond donors (Lipinski definition) is 2. The van der Waals surface area contributed by atoms with Gasteiger partial charge < -0.3 is 20.1 Å². The summed E-state index contributed by atoms with van der Waals surface area (Å²) in [6.45, 7) is 0.619. The van der Waals surface area contributed by atoms with E-state index in [0.717, 1.165) is 23.4 Å². The van der Waals surface area contributed by atoms with Gasteiger partial charge in [0.25, 0.3) is 5.91 Å². The average molecular weight is 462 g/mol. The summed E-state index contributed by atoms with van der Waals surface area (Å²) in [4.78, 5) is 25.4. The number of methoxy groups -OCH3 is 1. The normalized spacial score (nSPS) is 15.8. The fourth-order valence-electron chi connectivity index (χ4n) is 3.38. The molecule has 1 fully saturated rings. The second-order valence-corrected chi connectivity index (χ2v) is 9.32. The van der Waals surface area contributed by atoms with Crippen LogP contribution in [0, 0.1) is 0 Å². The van der Waals surface area contributed by atoms with Crippen LogP contribution in [0.25, 0.3) is 0 Å². The lowest BCUT2D eigenvalue weighted by atomic mass is 10.1. The Hall–Kier alpha value is -3.11. The number of benzene rings is 2. The Bertz CT molecular complexity index is 1070. The Morgan fingerprint density at radius 1 is 1.19 bits per heavy atom. The molecular formula is C22H27N3O6S. The van der Waals surface area contributed by atoms with E-state index in [9.17, 15) is 18.0 Å². The van der Waals surface area contributed by atoms with Crippen molar-refractivity contribution in [2.75, 3.05) is 42.7 Å². The first-order chi connectivity index (χ1) is 15.3. The molecule has 172 valence electrons. The summed E-state index contributed by atoms with van der Waals surface area (Å²) in [7, 11) is -2.28. The van der Waals surface area contributed by atoms with E-state index in [0.29, 0.717) is 30.3 Å². The van der Waals surface area contributed by atoms with Gasteiger partial charge in [0.15, 0.2) is 0 Å². The summed E-state index contributed by atoms with van der Waals surface area (Å²) in [5.74, 6) is -0.466. The molecule has 32 heavy (non-hydrogen) atoms. The van der Waals surface area contributed by atoms with Gasteiger partial charge in [0, 0.05) is 19.2 Å². The summed E-state index contributed by atoms with van der Waals surface area (Å²) in [5.41, 5.74) is 0.872. The van der Waals surface area contributed by atoms with Crippen LogP contribution >= 0.6 is 0 Å². The van der Waals surface area contributed by atoms with Gasteiger partial charge >= 0.3 is 0 Å². The first-order valence-electron chi connectivity index (χ1n) is 10.2. The lowest BCUT2D eigenvalue weighted by molar-refractivity contribution is -0.114. The first kappa shape index (κ1) is 23.6. The van der Waals surface area contributed by atoms with Crippen molar-refractivity contribution in [3.8, 4) is 5.75 Å². The molecule has 0 bridgehead atoms. The summed E-state index contributed by atoms with van der Waals surface area (Å²) in [5, 5.41) is 5.47. The van der Waals surface area contributed by atoms with E-state index in [1.807, 2.05) is 0 Å². The second-order valence-electron chi connectivity index (χ2n) is 7.41. The van der Waals surface area contributed by atoms with Gasteiger partial charge in [-0.25, -0.2) is 8.42 Å². The van der Waals surface area contributed by atoms with Gasteiger partial charge in [-0.3, -0.25) is 13.9 Å². The van der Waals surface area contributed by atoms with Crippen molar-refractivity contribution in [3.05, 3.63) is 54.1 Å². The molecule has 0 aromatic heterocycles. The third-order valence-electron chi connectivity index (χ3n) is 4.99. The molecule has 2 N–H and O–H groups in total. The molecule has 3 rings (SSSR count). The molecule has 1 atom stereocenters. The lowest BCUT2D eigenvalue weighted by Crippen LogP contribution is -2.38. The smallest absolute Gasteiger partial charge is 0.253 e. The van der Waals surface area contributed by atoms with Gasteiger partial charge in [-0.2, -0.15) is 0 Å². The van der Waals surface area contributed by atoms with Crippen molar-refractivity contribution >= 4 is 33.2 Å². The Morgan fingerprint density at radius 3 is 2.66 bits per heavy atom. The van der Waals surface area contributed by atoms with Crippen LogP contribution in [0.2, 0.25) is 0 Å². The summed E-state index contributed by atoms with van der Waals surface area (Å²) in [6.07, 6.45) is 2.88. The van der Waals surface area contributed by atoms with E-state index in [1.165, 1.54) is 13.2 Å². The van der Waals surface area contributed by atoms with Crippen LogP contribution in [0.15, 0.2) is 48.5 Å². The summed E-state index contributed by atoms with van der Waals surface area (Å²) >= 11 is 0. The number of rotatable bonds is 9. The van der Waals surface area contributed by atoms with Crippen LogP contribution in [0.4, 0.5) is 11.4 Å². The third-order valence-corrected chi connectivity index (χ3v) is 6.13. The zero-order chi connectivity index (χ0) is 23.1. The minimum Gasteiger partial charge on any atom is -0.497 e. The number of ether oxygens (including phenoxy) is 2. The fraction of sp³-hybridized carbons (Fsp3) is 0.364. The maximum atomic E-state index is 12.7. The van der Waals surface area contributed by atoms with E-state index in [4.69, 9.17) is 9.47 Å². The highest BCUT2D eigenvalue weighted by molar-refractivity contribution is 7.92. The molecule has 2 aromatic carbocycles. The monoisotopic (exact) mass is 461 g/mol. The SMILES string of the molecule is COc1cccc(N(CC(=O)Nc2ccccc2C(=O)NC[C@H]2CCCO2)S(C)(=O)=O)c1. The van der Waals surface area contributed by atoms with E-state index in [2.05, 4.69) is 10.6 Å². The molecule has 0 saturated carbocycles.